The van der Waals surface area contributed by atoms with Gasteiger partial charge in [-0.3, -0.25) is 0 Å². The van der Waals surface area contributed by atoms with Crippen LogP contribution >= 0.6 is 0 Å². The quantitative estimate of drug-likeness (QED) is 0.928. The van der Waals surface area contributed by atoms with Crippen LogP contribution in [0.25, 0.3) is 0 Å². The molecule has 0 aromatic heterocycles. The molecule has 2 heteroatoms. The number of benzene rings is 2. The molecule has 0 saturated carbocycles. The number of hydrogen-bond donors (Lipinski definition) is 1. The molecule has 0 fully saturated rings. The number of ether oxygens (including phenoxy) is 1. The summed E-state index contributed by atoms with van der Waals surface area (Å²) >= 11 is 0. The van der Waals surface area contributed by atoms with E-state index in [1.165, 1.54) is 16.7 Å². The van der Waals surface area contributed by atoms with Crippen LogP contribution in [-0.2, 0) is 17.6 Å². The van der Waals surface area contributed by atoms with Crippen LogP contribution in [0.2, 0.25) is 0 Å². The van der Waals surface area contributed by atoms with E-state index in [4.69, 9.17) is 10.5 Å². The zero-order valence-corrected chi connectivity index (χ0v) is 12.6. The molecule has 110 valence electrons. The van der Waals surface area contributed by atoms with Crippen molar-refractivity contribution in [2.24, 2.45) is 5.73 Å². The lowest BCUT2D eigenvalue weighted by Crippen LogP contribution is -2.41. The summed E-state index contributed by atoms with van der Waals surface area (Å²) in [5, 5.41) is 0. The van der Waals surface area contributed by atoms with E-state index in [9.17, 15) is 0 Å². The molecule has 1 aliphatic heterocycles. The summed E-state index contributed by atoms with van der Waals surface area (Å²) in [5.41, 5.74) is 10.3. The van der Waals surface area contributed by atoms with Crippen LogP contribution < -0.4 is 5.73 Å². The molecule has 2 unspecified atom stereocenters. The molecule has 2 N–H and O–H groups in total. The summed E-state index contributed by atoms with van der Waals surface area (Å²) < 4.78 is 6.00. The standard InChI is InChI=1S/C19H23NO/c1-19(20,13-15-7-3-2-4-8-15)14-18-17-10-6-5-9-16(17)11-12-21-18/h2-10,18H,11-14,20H2,1H3. The normalized spacial score (nSPS) is 20.6. The molecule has 2 aromatic rings. The van der Waals surface area contributed by atoms with Gasteiger partial charge in [0.15, 0.2) is 0 Å². The number of nitrogens with two attached hydrogens (primary N) is 1. The highest BCUT2D eigenvalue weighted by Gasteiger charge is 2.29. The predicted octanol–water partition coefficient (Wildman–Crippen LogP) is 3.65. The Kier molecular flexibility index (Phi) is 4.09. The minimum absolute atomic E-state index is 0.119. The number of rotatable bonds is 4. The van der Waals surface area contributed by atoms with Crippen molar-refractivity contribution < 1.29 is 4.74 Å². The van der Waals surface area contributed by atoms with Crippen molar-refractivity contribution in [3.05, 3.63) is 71.3 Å². The number of fused-ring (bicyclic) bond motifs is 1. The van der Waals surface area contributed by atoms with E-state index in [0.717, 1.165) is 25.9 Å². The van der Waals surface area contributed by atoms with Crippen LogP contribution in [0.1, 0.15) is 36.1 Å². The maximum Gasteiger partial charge on any atom is 0.0845 e. The summed E-state index contributed by atoms with van der Waals surface area (Å²) in [6.45, 7) is 2.92. The van der Waals surface area contributed by atoms with Crippen LogP contribution in [0, 0.1) is 0 Å². The molecule has 0 bridgehead atoms. The molecule has 0 saturated heterocycles. The fourth-order valence-electron chi connectivity index (χ4n) is 3.20. The monoisotopic (exact) mass is 281 g/mol. The Morgan fingerprint density at radius 1 is 1.10 bits per heavy atom. The van der Waals surface area contributed by atoms with E-state index in [0.29, 0.717) is 0 Å². The highest BCUT2D eigenvalue weighted by Crippen LogP contribution is 2.33. The molecule has 2 nitrogen and oxygen atoms in total. The first kappa shape index (κ1) is 14.3. The van der Waals surface area contributed by atoms with Gasteiger partial charge < -0.3 is 10.5 Å². The lowest BCUT2D eigenvalue weighted by molar-refractivity contribution is 0.0228. The summed E-state index contributed by atoms with van der Waals surface area (Å²) in [6.07, 6.45) is 2.84. The first-order chi connectivity index (χ1) is 10.1. The van der Waals surface area contributed by atoms with Gasteiger partial charge in [0, 0.05) is 5.54 Å². The average Bonchev–Trinajstić information content (AvgIpc) is 2.48. The third kappa shape index (κ3) is 3.52. The molecule has 1 heterocycles. The maximum absolute atomic E-state index is 6.56. The van der Waals surface area contributed by atoms with E-state index in [1.54, 1.807) is 0 Å². The second kappa shape index (κ2) is 6.00. The Bertz CT molecular complexity index is 592. The van der Waals surface area contributed by atoms with Crippen LogP contribution in [0.3, 0.4) is 0 Å². The van der Waals surface area contributed by atoms with Gasteiger partial charge in [-0.25, -0.2) is 0 Å². The van der Waals surface area contributed by atoms with Crippen molar-refractivity contribution >= 4 is 0 Å². The van der Waals surface area contributed by atoms with Gasteiger partial charge in [0.25, 0.3) is 0 Å². The van der Waals surface area contributed by atoms with E-state index in [2.05, 4.69) is 55.5 Å². The third-order valence-electron chi connectivity index (χ3n) is 4.19. The first-order valence-electron chi connectivity index (χ1n) is 7.66. The Balaban J connectivity index is 1.74. The van der Waals surface area contributed by atoms with Gasteiger partial charge in [0.05, 0.1) is 12.7 Å². The minimum Gasteiger partial charge on any atom is -0.373 e. The smallest absolute Gasteiger partial charge is 0.0845 e. The van der Waals surface area contributed by atoms with Gasteiger partial charge in [-0.2, -0.15) is 0 Å². The Morgan fingerprint density at radius 3 is 2.62 bits per heavy atom. The lowest BCUT2D eigenvalue weighted by atomic mass is 9.84. The van der Waals surface area contributed by atoms with E-state index < -0.39 is 0 Å². The molecular weight excluding hydrogens is 258 g/mol. The molecule has 1 aliphatic rings. The summed E-state index contributed by atoms with van der Waals surface area (Å²) in [4.78, 5) is 0. The van der Waals surface area contributed by atoms with Crippen molar-refractivity contribution in [1.29, 1.82) is 0 Å². The zero-order chi connectivity index (χ0) is 14.7. The Morgan fingerprint density at radius 2 is 1.81 bits per heavy atom. The summed E-state index contributed by atoms with van der Waals surface area (Å²) in [6, 6.07) is 19.0. The van der Waals surface area contributed by atoms with Crippen LogP contribution in [-0.4, -0.2) is 12.1 Å². The van der Waals surface area contributed by atoms with E-state index in [1.807, 2.05) is 6.07 Å². The molecule has 3 rings (SSSR count). The van der Waals surface area contributed by atoms with E-state index >= 15 is 0 Å². The Labute approximate surface area is 126 Å². The molecule has 2 aromatic carbocycles. The van der Waals surface area contributed by atoms with Crippen molar-refractivity contribution in [2.75, 3.05) is 6.61 Å². The molecule has 21 heavy (non-hydrogen) atoms. The molecule has 0 spiro atoms. The van der Waals surface area contributed by atoms with E-state index in [-0.39, 0.29) is 11.6 Å². The molecule has 2 atom stereocenters. The fourth-order valence-corrected chi connectivity index (χ4v) is 3.20. The lowest BCUT2D eigenvalue weighted by Gasteiger charge is -2.33. The second-order valence-corrected chi connectivity index (χ2v) is 6.33. The SMILES string of the molecule is CC(N)(Cc1ccccc1)CC1OCCc2ccccc21. The molecule has 0 radical (unpaired) electrons. The predicted molar refractivity (Wildman–Crippen MR) is 86.2 cm³/mol. The second-order valence-electron chi connectivity index (χ2n) is 6.33. The summed E-state index contributed by atoms with van der Waals surface area (Å²) in [7, 11) is 0. The largest absolute Gasteiger partial charge is 0.373 e. The Hall–Kier alpha value is -1.64. The maximum atomic E-state index is 6.56. The van der Waals surface area contributed by atoms with Crippen molar-refractivity contribution in [2.45, 2.75) is 37.8 Å². The average molecular weight is 281 g/mol. The number of hydrogen-bond acceptors (Lipinski definition) is 2. The van der Waals surface area contributed by atoms with Crippen LogP contribution in [0.4, 0.5) is 0 Å². The highest BCUT2D eigenvalue weighted by atomic mass is 16.5. The van der Waals surface area contributed by atoms with Gasteiger partial charge in [-0.05, 0) is 42.9 Å². The van der Waals surface area contributed by atoms with Crippen molar-refractivity contribution in [3.8, 4) is 0 Å². The van der Waals surface area contributed by atoms with Crippen LogP contribution in [0.15, 0.2) is 54.6 Å². The van der Waals surface area contributed by atoms with Crippen molar-refractivity contribution in [3.63, 3.8) is 0 Å². The first-order valence-corrected chi connectivity index (χ1v) is 7.66. The molecule has 0 aliphatic carbocycles. The fraction of sp³-hybridized carbons (Fsp3) is 0.368. The van der Waals surface area contributed by atoms with Gasteiger partial charge in [-0.15, -0.1) is 0 Å². The molecular formula is C19H23NO. The minimum atomic E-state index is -0.267. The van der Waals surface area contributed by atoms with Gasteiger partial charge in [0.1, 0.15) is 0 Å². The molecule has 0 amide bonds. The highest BCUT2D eigenvalue weighted by molar-refractivity contribution is 5.31. The summed E-state index contributed by atoms with van der Waals surface area (Å²) in [5.74, 6) is 0. The van der Waals surface area contributed by atoms with Gasteiger partial charge in [0.2, 0.25) is 0 Å². The third-order valence-corrected chi connectivity index (χ3v) is 4.19. The zero-order valence-electron chi connectivity index (χ0n) is 12.6. The van der Waals surface area contributed by atoms with Gasteiger partial charge in [-0.1, -0.05) is 54.6 Å². The topological polar surface area (TPSA) is 35.2 Å². The van der Waals surface area contributed by atoms with Crippen LogP contribution in [0.5, 0.6) is 0 Å². The van der Waals surface area contributed by atoms with Crippen molar-refractivity contribution in [1.82, 2.24) is 0 Å². The van der Waals surface area contributed by atoms with Gasteiger partial charge >= 0.3 is 0 Å².